The lowest BCUT2D eigenvalue weighted by Crippen LogP contribution is -2.23. The summed E-state index contributed by atoms with van der Waals surface area (Å²) >= 11 is 3.41. The largest absolute Gasteiger partial charge is 0.493 e. The Morgan fingerprint density at radius 1 is 1.08 bits per heavy atom. The maximum atomic E-state index is 14.0. The van der Waals surface area contributed by atoms with Crippen molar-refractivity contribution in [2.24, 2.45) is 5.10 Å². The lowest BCUT2D eigenvalue weighted by atomic mass is 10.2. The minimum absolute atomic E-state index is 0.00170. The van der Waals surface area contributed by atoms with E-state index in [1.54, 1.807) is 42.5 Å². The van der Waals surface area contributed by atoms with Crippen LogP contribution < -0.4 is 19.8 Å². The van der Waals surface area contributed by atoms with Gasteiger partial charge >= 0.3 is 0 Å². The van der Waals surface area contributed by atoms with Gasteiger partial charge in [-0.1, -0.05) is 48.0 Å². The molecule has 0 saturated carbocycles. The Bertz CT molecular complexity index is 1480. The van der Waals surface area contributed by atoms with Gasteiger partial charge in [0.2, 0.25) is 5.75 Å². The Kier molecular flexibility index (Phi) is 7.69. The van der Waals surface area contributed by atoms with Crippen molar-refractivity contribution in [1.82, 2.24) is 9.66 Å². The molecule has 9 heteroatoms. The number of hydrogen-bond donors (Lipinski definition) is 0. The van der Waals surface area contributed by atoms with Crippen molar-refractivity contribution >= 4 is 33.0 Å². The Balaban J connectivity index is 1.72. The van der Waals surface area contributed by atoms with Crippen LogP contribution in [0.3, 0.4) is 0 Å². The molecular formula is C27H25BrFN3O4. The number of hydrogen-bond acceptors (Lipinski definition) is 6. The van der Waals surface area contributed by atoms with Crippen LogP contribution in [0.5, 0.6) is 17.2 Å². The predicted octanol–water partition coefficient (Wildman–Crippen LogP) is 5.90. The first kappa shape index (κ1) is 25.4. The summed E-state index contributed by atoms with van der Waals surface area (Å²) in [5.74, 6) is 1.23. The van der Waals surface area contributed by atoms with Gasteiger partial charge in [-0.2, -0.15) is 9.78 Å². The molecule has 7 nitrogen and oxygen atoms in total. The van der Waals surface area contributed by atoms with Crippen LogP contribution in [0, 0.1) is 5.82 Å². The van der Waals surface area contributed by atoms with Gasteiger partial charge in [-0.05, 0) is 36.4 Å². The van der Waals surface area contributed by atoms with Gasteiger partial charge in [-0.25, -0.2) is 9.37 Å². The van der Waals surface area contributed by atoms with Crippen molar-refractivity contribution in [2.75, 3.05) is 14.2 Å². The second-order valence-electron chi connectivity index (χ2n) is 8.28. The van der Waals surface area contributed by atoms with E-state index in [0.29, 0.717) is 45.1 Å². The normalized spacial score (nSPS) is 11.4. The van der Waals surface area contributed by atoms with Crippen molar-refractivity contribution in [3.05, 3.63) is 92.2 Å². The lowest BCUT2D eigenvalue weighted by Gasteiger charge is -2.16. The number of halogens is 2. The molecule has 4 aromatic rings. The Morgan fingerprint density at radius 3 is 2.42 bits per heavy atom. The Morgan fingerprint density at radius 2 is 1.78 bits per heavy atom. The van der Waals surface area contributed by atoms with Crippen molar-refractivity contribution in [3.8, 4) is 17.2 Å². The molecule has 4 rings (SSSR count). The molecule has 0 amide bonds. The summed E-state index contributed by atoms with van der Waals surface area (Å²) in [5, 5.41) is 4.92. The maximum absolute atomic E-state index is 14.0. The number of fused-ring (bicyclic) bond motifs is 1. The fourth-order valence-electron chi connectivity index (χ4n) is 3.66. The third-order valence-electron chi connectivity index (χ3n) is 5.48. The van der Waals surface area contributed by atoms with Gasteiger partial charge in [0, 0.05) is 21.5 Å². The van der Waals surface area contributed by atoms with Crippen LogP contribution in [0.2, 0.25) is 0 Å². The van der Waals surface area contributed by atoms with E-state index >= 15 is 0 Å². The Labute approximate surface area is 216 Å². The molecule has 0 aliphatic carbocycles. The summed E-state index contributed by atoms with van der Waals surface area (Å²) < 4.78 is 33.0. The topological polar surface area (TPSA) is 74.9 Å². The molecule has 1 heterocycles. The molecule has 0 spiro atoms. The molecule has 0 fully saturated rings. The summed E-state index contributed by atoms with van der Waals surface area (Å²) in [6.45, 7) is 3.90. The van der Waals surface area contributed by atoms with E-state index in [2.05, 4.69) is 26.0 Å². The predicted molar refractivity (Wildman–Crippen MR) is 141 cm³/mol. The van der Waals surface area contributed by atoms with Crippen LogP contribution in [0.1, 0.15) is 36.7 Å². The van der Waals surface area contributed by atoms with Gasteiger partial charge < -0.3 is 14.2 Å². The molecule has 0 aliphatic rings. The van der Waals surface area contributed by atoms with E-state index in [4.69, 9.17) is 14.2 Å². The zero-order valence-corrected chi connectivity index (χ0v) is 21.9. The maximum Gasteiger partial charge on any atom is 0.282 e. The van der Waals surface area contributed by atoms with Gasteiger partial charge in [0.25, 0.3) is 5.56 Å². The lowest BCUT2D eigenvalue weighted by molar-refractivity contribution is 0.262. The minimum atomic E-state index is -0.360. The average molecular weight is 554 g/mol. The van der Waals surface area contributed by atoms with E-state index in [1.807, 2.05) is 19.9 Å². The van der Waals surface area contributed by atoms with Crippen molar-refractivity contribution in [1.29, 1.82) is 0 Å². The minimum Gasteiger partial charge on any atom is -0.493 e. The molecular weight excluding hydrogens is 529 g/mol. The molecule has 0 N–H and O–H groups in total. The Hall–Kier alpha value is -3.72. The fourth-order valence-corrected chi connectivity index (χ4v) is 4.02. The van der Waals surface area contributed by atoms with Gasteiger partial charge in [0.1, 0.15) is 18.2 Å². The van der Waals surface area contributed by atoms with Gasteiger partial charge in [0.05, 0.1) is 31.3 Å². The number of methoxy groups -OCH3 is 2. The number of nitrogens with zero attached hydrogens (tertiary/aromatic N) is 3. The first-order valence-corrected chi connectivity index (χ1v) is 12.0. The second kappa shape index (κ2) is 10.9. The van der Waals surface area contributed by atoms with Crippen LogP contribution in [0.15, 0.2) is 69.0 Å². The molecule has 0 unspecified atom stereocenters. The molecule has 0 aliphatic heterocycles. The third-order valence-corrected chi connectivity index (χ3v) is 5.98. The highest BCUT2D eigenvalue weighted by Gasteiger charge is 2.16. The number of rotatable bonds is 8. The quantitative estimate of drug-likeness (QED) is 0.254. The summed E-state index contributed by atoms with van der Waals surface area (Å²) in [7, 11) is 3.00. The highest BCUT2D eigenvalue weighted by Crippen LogP contribution is 2.39. The van der Waals surface area contributed by atoms with Crippen molar-refractivity contribution < 1.29 is 18.6 Å². The second-order valence-corrected chi connectivity index (χ2v) is 9.20. The number of benzene rings is 3. The average Bonchev–Trinajstić information content (AvgIpc) is 2.87. The number of aromatic nitrogens is 2. The summed E-state index contributed by atoms with van der Waals surface area (Å²) in [6, 6.07) is 15.2. The van der Waals surface area contributed by atoms with E-state index < -0.39 is 0 Å². The molecule has 3 aromatic carbocycles. The first-order valence-electron chi connectivity index (χ1n) is 11.2. The van der Waals surface area contributed by atoms with E-state index in [9.17, 15) is 9.18 Å². The summed E-state index contributed by atoms with van der Waals surface area (Å²) in [4.78, 5) is 17.9. The molecule has 1 aromatic heterocycles. The zero-order valence-electron chi connectivity index (χ0n) is 20.3. The highest BCUT2D eigenvalue weighted by atomic mass is 79.9. The SMILES string of the molecule is COc1cc(C=Nn2c(C(C)C)nc3ccc(Br)cc3c2=O)cc(OC)c1OCc1ccccc1F. The van der Waals surface area contributed by atoms with E-state index in [0.717, 1.165) is 4.47 Å². The van der Waals surface area contributed by atoms with Gasteiger partial charge in [0.15, 0.2) is 11.5 Å². The number of ether oxygens (including phenoxy) is 3. The first-order chi connectivity index (χ1) is 17.3. The van der Waals surface area contributed by atoms with Crippen molar-refractivity contribution in [2.45, 2.75) is 26.4 Å². The van der Waals surface area contributed by atoms with E-state index in [1.165, 1.54) is 31.2 Å². The van der Waals surface area contributed by atoms with E-state index in [-0.39, 0.29) is 23.9 Å². The molecule has 0 bridgehead atoms. The van der Waals surface area contributed by atoms with Crippen LogP contribution in [-0.4, -0.2) is 30.1 Å². The molecule has 0 radical (unpaired) electrons. The van der Waals surface area contributed by atoms with Gasteiger partial charge in [-0.15, -0.1) is 0 Å². The van der Waals surface area contributed by atoms with Crippen LogP contribution in [0.4, 0.5) is 4.39 Å². The van der Waals surface area contributed by atoms with Gasteiger partial charge in [-0.3, -0.25) is 4.79 Å². The summed E-state index contributed by atoms with van der Waals surface area (Å²) in [5.41, 5.74) is 1.35. The van der Waals surface area contributed by atoms with Crippen LogP contribution >= 0.6 is 15.9 Å². The zero-order chi connectivity index (χ0) is 25.8. The monoisotopic (exact) mass is 553 g/mol. The smallest absolute Gasteiger partial charge is 0.282 e. The van der Waals surface area contributed by atoms with Crippen molar-refractivity contribution in [3.63, 3.8) is 0 Å². The van der Waals surface area contributed by atoms with Crippen LogP contribution in [0.25, 0.3) is 10.9 Å². The summed E-state index contributed by atoms with van der Waals surface area (Å²) in [6.07, 6.45) is 1.53. The highest BCUT2D eigenvalue weighted by molar-refractivity contribution is 9.10. The van der Waals surface area contributed by atoms with Crippen LogP contribution in [-0.2, 0) is 6.61 Å². The standard InChI is InChI=1S/C27H25BrFN3O4/c1-16(2)26-31-22-10-9-19(28)13-20(22)27(33)32(26)30-14-17-11-23(34-3)25(24(12-17)35-4)36-15-18-7-5-6-8-21(18)29/h5-14,16H,15H2,1-4H3. The molecule has 36 heavy (non-hydrogen) atoms. The molecule has 0 saturated heterocycles. The third kappa shape index (κ3) is 5.26. The molecule has 186 valence electrons. The fraction of sp³-hybridized carbons (Fsp3) is 0.222. The molecule has 0 atom stereocenters.